The van der Waals surface area contributed by atoms with Gasteiger partial charge in [0.15, 0.2) is 11.6 Å². The maximum atomic E-state index is 14.9. The zero-order valence-electron chi connectivity index (χ0n) is 20.7. The van der Waals surface area contributed by atoms with Crippen LogP contribution in [0.1, 0.15) is 61.4 Å². The fourth-order valence-corrected chi connectivity index (χ4v) is 5.57. The molecule has 1 aliphatic carbocycles. The molecule has 2 aromatic rings. The molecule has 0 spiro atoms. The molecule has 2 N–H and O–H groups in total. The van der Waals surface area contributed by atoms with Gasteiger partial charge in [0.2, 0.25) is 0 Å². The summed E-state index contributed by atoms with van der Waals surface area (Å²) in [6, 6.07) is 1.67. The van der Waals surface area contributed by atoms with Crippen LogP contribution in [0.4, 0.5) is 22.0 Å². The number of imidazole rings is 1. The van der Waals surface area contributed by atoms with Crippen LogP contribution in [-0.2, 0) is 22.7 Å². The minimum Gasteiger partial charge on any atom is -0.388 e. The molecule has 1 fully saturated rings. The van der Waals surface area contributed by atoms with E-state index in [1.807, 2.05) is 0 Å². The highest BCUT2D eigenvalue weighted by Gasteiger charge is 2.38. The second kappa shape index (κ2) is 10.7. The number of amides is 1. The number of halogens is 5. The maximum absolute atomic E-state index is 14.9. The molecule has 1 amide bonds. The summed E-state index contributed by atoms with van der Waals surface area (Å²) in [6.45, 7) is 2.41. The van der Waals surface area contributed by atoms with E-state index in [1.165, 1.54) is 0 Å². The fraction of sp³-hybridized carbons (Fsp3) is 0.583. The Hall–Kier alpha value is -2.54. The number of aliphatic hydroxyl groups is 1. The van der Waals surface area contributed by atoms with Gasteiger partial charge in [0.25, 0.3) is 5.91 Å². The first-order valence-electron chi connectivity index (χ1n) is 11.9. The lowest BCUT2D eigenvalue weighted by molar-refractivity contribution is -0.169. The molecule has 0 radical (unpaired) electrons. The van der Waals surface area contributed by atoms with E-state index >= 15 is 0 Å². The van der Waals surface area contributed by atoms with Gasteiger partial charge >= 0.3 is 6.18 Å². The van der Waals surface area contributed by atoms with Gasteiger partial charge in [-0.05, 0) is 49.8 Å². The molecule has 1 aromatic heterocycles. The summed E-state index contributed by atoms with van der Waals surface area (Å²) in [7, 11) is -3.23. The van der Waals surface area contributed by atoms with Gasteiger partial charge in [-0.3, -0.25) is 9.36 Å². The average Bonchev–Trinajstić information content (AvgIpc) is 3.20. The monoisotopic (exact) mass is 551 g/mol. The Morgan fingerprint density at radius 1 is 1.24 bits per heavy atom. The molecule has 1 unspecified atom stereocenters. The van der Waals surface area contributed by atoms with Crippen molar-refractivity contribution in [3.05, 3.63) is 47.0 Å². The number of hydrogen-bond acceptors (Lipinski definition) is 5. The number of carbonyl (C=O) groups is 1. The highest BCUT2D eigenvalue weighted by Crippen LogP contribution is 2.32. The molecule has 0 aliphatic heterocycles. The Morgan fingerprint density at radius 2 is 1.81 bits per heavy atom. The molecule has 7 nitrogen and oxygen atoms in total. The fourth-order valence-electron chi connectivity index (χ4n) is 4.48. The molecule has 13 heteroatoms. The lowest BCUT2D eigenvalue weighted by Gasteiger charge is -2.35. The number of sulfone groups is 1. The van der Waals surface area contributed by atoms with Crippen molar-refractivity contribution in [1.82, 2.24) is 14.9 Å². The standard InChI is InChI=1S/C24H30F5N3O4S/c1-4-20-31-19(22(33)30-13-23(34)7-5-16(6-8-23)37(3,35)36)12-32(20)21-17(25)10-15(11-18(21)26)9-14(2)24(27,28)29/h10-12,14,16,34H,4-9,13H2,1-3H3,(H,30,33). The smallest absolute Gasteiger partial charge is 0.388 e. The molecule has 1 atom stereocenters. The number of benzene rings is 1. The van der Waals surface area contributed by atoms with Crippen molar-refractivity contribution in [2.24, 2.45) is 5.92 Å². The van der Waals surface area contributed by atoms with Crippen LogP contribution in [0, 0.1) is 17.6 Å². The third kappa shape index (κ3) is 6.86. The number of nitrogens with one attached hydrogen (secondary N) is 1. The van der Waals surface area contributed by atoms with Crippen molar-refractivity contribution in [3.63, 3.8) is 0 Å². The lowest BCUT2D eigenvalue weighted by atomic mass is 9.84. The Morgan fingerprint density at radius 3 is 2.30 bits per heavy atom. The van der Waals surface area contributed by atoms with Gasteiger partial charge in [0.05, 0.1) is 16.8 Å². The minimum atomic E-state index is -4.51. The first-order chi connectivity index (χ1) is 17.0. The molecule has 206 valence electrons. The van der Waals surface area contributed by atoms with Crippen molar-refractivity contribution in [3.8, 4) is 5.69 Å². The molecule has 1 saturated carbocycles. The third-order valence-corrected chi connectivity index (χ3v) is 8.48. The molecule has 1 heterocycles. The first kappa shape index (κ1) is 29.0. The quantitative estimate of drug-likeness (QED) is 0.485. The number of alkyl halides is 3. The van der Waals surface area contributed by atoms with Gasteiger partial charge in [-0.25, -0.2) is 22.2 Å². The summed E-state index contributed by atoms with van der Waals surface area (Å²) in [5.41, 5.74) is -2.18. The largest absolute Gasteiger partial charge is 0.391 e. The van der Waals surface area contributed by atoms with Gasteiger partial charge < -0.3 is 10.4 Å². The number of rotatable bonds is 8. The summed E-state index contributed by atoms with van der Waals surface area (Å²) in [5.74, 6) is -4.54. The van der Waals surface area contributed by atoms with E-state index in [0.29, 0.717) is 0 Å². The number of carbonyl (C=O) groups excluding carboxylic acids is 1. The van der Waals surface area contributed by atoms with Crippen LogP contribution in [0.2, 0.25) is 0 Å². The summed E-state index contributed by atoms with van der Waals surface area (Å²) in [4.78, 5) is 16.8. The Bertz CT molecular complexity index is 1230. The normalized spacial score (nSPS) is 21.6. The summed E-state index contributed by atoms with van der Waals surface area (Å²) in [6.07, 6.45) is -1.77. The molecule has 0 saturated heterocycles. The predicted octanol–water partition coefficient (Wildman–Crippen LogP) is 3.90. The zero-order chi connectivity index (χ0) is 27.8. The molecule has 1 aliphatic rings. The van der Waals surface area contributed by atoms with Crippen molar-refractivity contribution in [2.75, 3.05) is 12.8 Å². The number of aromatic nitrogens is 2. The first-order valence-corrected chi connectivity index (χ1v) is 13.8. The van der Waals surface area contributed by atoms with Crippen LogP contribution in [0.3, 0.4) is 0 Å². The molecule has 0 bridgehead atoms. The number of aryl methyl sites for hydroxylation is 1. The van der Waals surface area contributed by atoms with Crippen LogP contribution in [0.15, 0.2) is 18.3 Å². The highest BCUT2D eigenvalue weighted by molar-refractivity contribution is 7.91. The number of hydrogen-bond donors (Lipinski definition) is 2. The molecular formula is C24H30F5N3O4S. The lowest BCUT2D eigenvalue weighted by Crippen LogP contribution is -2.47. The molecule has 37 heavy (non-hydrogen) atoms. The second-order valence-corrected chi connectivity index (χ2v) is 12.1. The topological polar surface area (TPSA) is 101 Å². The van der Waals surface area contributed by atoms with Crippen LogP contribution < -0.4 is 5.32 Å². The average molecular weight is 552 g/mol. The molecular weight excluding hydrogens is 521 g/mol. The molecule has 3 rings (SSSR count). The molecule has 1 aromatic carbocycles. The Labute approximate surface area is 212 Å². The van der Waals surface area contributed by atoms with E-state index in [0.717, 1.165) is 36.1 Å². The van der Waals surface area contributed by atoms with Gasteiger partial charge in [-0.2, -0.15) is 13.2 Å². The van der Waals surface area contributed by atoms with Crippen LogP contribution in [-0.4, -0.2) is 58.8 Å². The van der Waals surface area contributed by atoms with Crippen LogP contribution >= 0.6 is 0 Å². The number of nitrogens with zero attached hydrogens (tertiary/aromatic N) is 2. The maximum Gasteiger partial charge on any atom is 0.391 e. The van der Waals surface area contributed by atoms with Crippen LogP contribution in [0.25, 0.3) is 5.69 Å². The van der Waals surface area contributed by atoms with E-state index in [1.54, 1.807) is 6.92 Å². The van der Waals surface area contributed by atoms with E-state index in [-0.39, 0.29) is 55.7 Å². The third-order valence-electron chi connectivity index (χ3n) is 6.79. The SMILES string of the molecule is CCc1nc(C(=O)NCC2(O)CCC(S(C)(=O)=O)CC2)cn1-c1c(F)cc(CC(C)C(F)(F)F)cc1F. The van der Waals surface area contributed by atoms with Crippen molar-refractivity contribution < 1.29 is 40.3 Å². The summed E-state index contributed by atoms with van der Waals surface area (Å²) < 4.78 is 92.8. The van der Waals surface area contributed by atoms with E-state index in [9.17, 15) is 40.3 Å². The Balaban J connectivity index is 1.76. The van der Waals surface area contributed by atoms with Gasteiger partial charge in [-0.15, -0.1) is 0 Å². The van der Waals surface area contributed by atoms with Crippen LogP contribution in [0.5, 0.6) is 0 Å². The summed E-state index contributed by atoms with van der Waals surface area (Å²) in [5, 5.41) is 12.7. The van der Waals surface area contributed by atoms with Crippen molar-refractivity contribution in [2.45, 2.75) is 69.4 Å². The minimum absolute atomic E-state index is 0.145. The van der Waals surface area contributed by atoms with Gasteiger partial charge in [0, 0.05) is 25.4 Å². The van der Waals surface area contributed by atoms with Gasteiger partial charge in [-0.1, -0.05) is 13.8 Å². The summed E-state index contributed by atoms with van der Waals surface area (Å²) >= 11 is 0. The van der Waals surface area contributed by atoms with Crippen molar-refractivity contribution >= 4 is 15.7 Å². The second-order valence-electron chi connectivity index (χ2n) is 9.76. The predicted molar refractivity (Wildman–Crippen MR) is 126 cm³/mol. The zero-order valence-corrected chi connectivity index (χ0v) is 21.5. The van der Waals surface area contributed by atoms with E-state index in [2.05, 4.69) is 10.3 Å². The van der Waals surface area contributed by atoms with E-state index in [4.69, 9.17) is 0 Å². The Kier molecular flexibility index (Phi) is 8.38. The highest BCUT2D eigenvalue weighted by atomic mass is 32.2. The van der Waals surface area contributed by atoms with Gasteiger partial charge in [0.1, 0.15) is 27.0 Å². The van der Waals surface area contributed by atoms with E-state index < -0.39 is 62.4 Å². The van der Waals surface area contributed by atoms with Crippen molar-refractivity contribution in [1.29, 1.82) is 0 Å².